The third-order valence-corrected chi connectivity index (χ3v) is 9.25. The average Bonchev–Trinajstić information content (AvgIpc) is 3.47. The summed E-state index contributed by atoms with van der Waals surface area (Å²) in [6.07, 6.45) is 1.08. The largest absolute Gasteiger partial charge is 0.358 e. The van der Waals surface area contributed by atoms with Gasteiger partial charge in [0.15, 0.2) is 0 Å². The Morgan fingerprint density at radius 1 is 1.30 bits per heavy atom. The molecule has 0 saturated carbocycles. The van der Waals surface area contributed by atoms with Gasteiger partial charge in [-0.3, -0.25) is 0 Å². The van der Waals surface area contributed by atoms with Crippen LogP contribution in [0.4, 0.5) is 5.69 Å². The highest BCUT2D eigenvalue weighted by atomic mass is 35.5. The summed E-state index contributed by atoms with van der Waals surface area (Å²) in [5, 5.41) is 3.44. The van der Waals surface area contributed by atoms with E-state index in [4.69, 9.17) is 16.3 Å². The first-order chi connectivity index (χ1) is 14.5. The lowest BCUT2D eigenvalue weighted by Gasteiger charge is -2.30. The fraction of sp³-hybridized carbons (Fsp3) is 0.250. The second kappa shape index (κ2) is 8.68. The molecular formula is C20H20ClN3O3S3. The number of para-hydroxylation sites is 1. The lowest BCUT2D eigenvalue weighted by molar-refractivity contribution is 0.0849. The number of halogens is 1. The van der Waals surface area contributed by atoms with E-state index in [9.17, 15) is 8.42 Å². The molecule has 1 unspecified atom stereocenters. The van der Waals surface area contributed by atoms with Gasteiger partial charge in [-0.2, -0.15) is 0 Å². The number of thiophene rings is 1. The number of ether oxygens (including phenoxy) is 1. The van der Waals surface area contributed by atoms with E-state index < -0.39 is 16.3 Å². The Bertz CT molecular complexity index is 1250. The number of hydrogen-bond acceptors (Lipinski definition) is 6. The van der Waals surface area contributed by atoms with Gasteiger partial charge >= 0.3 is 0 Å². The molecule has 0 saturated heterocycles. The van der Waals surface area contributed by atoms with Gasteiger partial charge in [-0.25, -0.2) is 17.7 Å². The summed E-state index contributed by atoms with van der Waals surface area (Å²) in [6.45, 7) is 3.98. The molecule has 3 heterocycles. The molecule has 158 valence electrons. The lowest BCUT2D eigenvalue weighted by atomic mass is 10.2. The minimum Gasteiger partial charge on any atom is -0.358 e. The number of alkyl halides is 1. The van der Waals surface area contributed by atoms with Gasteiger partial charge in [-0.15, -0.1) is 34.3 Å². The van der Waals surface area contributed by atoms with E-state index in [-0.39, 0.29) is 4.21 Å². The quantitative estimate of drug-likeness (QED) is 0.260. The van der Waals surface area contributed by atoms with Gasteiger partial charge in [0.25, 0.3) is 10.0 Å². The van der Waals surface area contributed by atoms with E-state index in [1.54, 1.807) is 36.7 Å². The van der Waals surface area contributed by atoms with Crippen molar-refractivity contribution in [3.63, 3.8) is 0 Å². The fourth-order valence-electron chi connectivity index (χ4n) is 3.27. The van der Waals surface area contributed by atoms with Gasteiger partial charge < -0.3 is 9.72 Å². The van der Waals surface area contributed by atoms with Gasteiger partial charge in [0, 0.05) is 23.1 Å². The van der Waals surface area contributed by atoms with Crippen LogP contribution in [-0.4, -0.2) is 31.2 Å². The van der Waals surface area contributed by atoms with Crippen molar-refractivity contribution < 1.29 is 13.2 Å². The Morgan fingerprint density at radius 2 is 2.13 bits per heavy atom. The number of thiazole rings is 1. The number of benzene rings is 1. The van der Waals surface area contributed by atoms with Gasteiger partial charge in [-0.1, -0.05) is 18.2 Å². The van der Waals surface area contributed by atoms with Crippen LogP contribution in [0.3, 0.4) is 0 Å². The molecule has 10 heteroatoms. The Hall–Kier alpha value is -1.91. The third-order valence-electron chi connectivity index (χ3n) is 4.53. The molecule has 4 rings (SSSR count). The molecule has 1 atom stereocenters. The Kier molecular flexibility index (Phi) is 6.17. The molecule has 4 aromatic rings. The molecule has 0 aliphatic heterocycles. The molecule has 0 aliphatic carbocycles. The molecule has 3 aromatic heterocycles. The number of nitrogens with zero attached hydrogens (tertiary/aromatic N) is 2. The van der Waals surface area contributed by atoms with Crippen molar-refractivity contribution in [1.82, 2.24) is 9.97 Å². The first-order valence-electron chi connectivity index (χ1n) is 9.28. The molecule has 1 aromatic carbocycles. The smallest absolute Gasteiger partial charge is 0.276 e. The standard InChI is InChI=1S/C20H20ClN3O3S3/c1-3-27-13(2)24(30(25,26)18-8-5-9-28-18)17-7-4-6-14-10-16(23-19(14)17)20-22-12-15(11-21)29-20/h4-10,12-13,23H,3,11H2,1-2H3. The molecule has 0 fully saturated rings. The zero-order valence-electron chi connectivity index (χ0n) is 16.3. The fourth-order valence-corrected chi connectivity index (χ4v) is 6.89. The molecule has 0 bridgehead atoms. The molecular weight excluding hydrogens is 462 g/mol. The van der Waals surface area contributed by atoms with Crippen LogP contribution in [0.2, 0.25) is 0 Å². The zero-order valence-corrected chi connectivity index (χ0v) is 19.5. The summed E-state index contributed by atoms with van der Waals surface area (Å²) >= 11 is 8.60. The highest BCUT2D eigenvalue weighted by Crippen LogP contribution is 2.36. The van der Waals surface area contributed by atoms with Crippen LogP contribution in [0.15, 0.2) is 52.2 Å². The normalized spacial score (nSPS) is 13.0. The average molecular weight is 482 g/mol. The number of H-pyrrole nitrogens is 1. The van der Waals surface area contributed by atoms with Crippen molar-refractivity contribution in [3.05, 3.63) is 52.9 Å². The van der Waals surface area contributed by atoms with Crippen molar-refractivity contribution in [2.75, 3.05) is 10.9 Å². The van der Waals surface area contributed by atoms with Crippen molar-refractivity contribution in [2.45, 2.75) is 30.2 Å². The predicted molar refractivity (Wildman–Crippen MR) is 124 cm³/mol. The monoisotopic (exact) mass is 481 g/mol. The summed E-state index contributed by atoms with van der Waals surface area (Å²) in [5.74, 6) is 0.405. The Labute approximate surface area is 188 Å². The van der Waals surface area contributed by atoms with Crippen molar-refractivity contribution >= 4 is 60.9 Å². The highest BCUT2D eigenvalue weighted by Gasteiger charge is 2.32. The molecule has 30 heavy (non-hydrogen) atoms. The first-order valence-corrected chi connectivity index (χ1v) is 12.9. The summed E-state index contributed by atoms with van der Waals surface area (Å²) in [4.78, 5) is 8.76. The number of aromatic nitrogens is 2. The minimum absolute atomic E-state index is 0.268. The zero-order chi connectivity index (χ0) is 21.3. The van der Waals surface area contributed by atoms with Crippen LogP contribution in [0.5, 0.6) is 0 Å². The third kappa shape index (κ3) is 3.88. The van der Waals surface area contributed by atoms with Gasteiger partial charge in [-0.05, 0) is 37.4 Å². The van der Waals surface area contributed by atoms with Crippen LogP contribution in [0, 0.1) is 0 Å². The number of fused-ring (bicyclic) bond motifs is 1. The van der Waals surface area contributed by atoms with Crippen molar-refractivity contribution in [2.24, 2.45) is 0 Å². The number of anilines is 1. The first kappa shape index (κ1) is 21.3. The van der Waals surface area contributed by atoms with Gasteiger partial charge in [0.05, 0.1) is 22.8 Å². The molecule has 0 aliphatic rings. The molecule has 6 nitrogen and oxygen atoms in total. The van der Waals surface area contributed by atoms with Crippen LogP contribution in [0.25, 0.3) is 21.6 Å². The molecule has 0 amide bonds. The van der Waals surface area contributed by atoms with E-state index in [0.29, 0.717) is 23.7 Å². The number of aromatic amines is 1. The predicted octanol–water partition coefficient (Wildman–Crippen LogP) is 5.67. The van der Waals surface area contributed by atoms with Crippen LogP contribution >= 0.6 is 34.3 Å². The van der Waals surface area contributed by atoms with Crippen molar-refractivity contribution in [3.8, 4) is 10.7 Å². The second-order valence-electron chi connectivity index (χ2n) is 6.48. The summed E-state index contributed by atoms with van der Waals surface area (Å²) in [6, 6.07) is 10.9. The van der Waals surface area contributed by atoms with Gasteiger partial charge in [0.1, 0.15) is 15.4 Å². The second-order valence-corrected chi connectivity index (χ2v) is 10.8. The summed E-state index contributed by atoms with van der Waals surface area (Å²) in [5.41, 5.74) is 2.06. The summed E-state index contributed by atoms with van der Waals surface area (Å²) < 4.78 is 34.3. The Morgan fingerprint density at radius 3 is 2.80 bits per heavy atom. The topological polar surface area (TPSA) is 75.3 Å². The van der Waals surface area contributed by atoms with Crippen LogP contribution < -0.4 is 4.31 Å². The van der Waals surface area contributed by atoms with E-state index >= 15 is 0 Å². The molecule has 0 spiro atoms. The van der Waals surface area contributed by atoms with E-state index in [2.05, 4.69) is 9.97 Å². The maximum absolute atomic E-state index is 13.5. The van der Waals surface area contributed by atoms with Gasteiger partial charge in [0.2, 0.25) is 0 Å². The number of nitrogens with one attached hydrogen (secondary N) is 1. The number of sulfonamides is 1. The van der Waals surface area contributed by atoms with E-state index in [1.807, 2.05) is 25.1 Å². The van der Waals surface area contributed by atoms with Crippen molar-refractivity contribution in [1.29, 1.82) is 0 Å². The van der Waals surface area contributed by atoms with Crippen LogP contribution in [0.1, 0.15) is 18.7 Å². The minimum atomic E-state index is -3.80. The maximum atomic E-state index is 13.5. The van der Waals surface area contributed by atoms with E-state index in [1.165, 1.54) is 27.0 Å². The maximum Gasteiger partial charge on any atom is 0.276 e. The Balaban J connectivity index is 1.87. The number of hydrogen-bond donors (Lipinski definition) is 1. The van der Waals surface area contributed by atoms with Crippen LogP contribution in [-0.2, 0) is 20.6 Å². The highest BCUT2D eigenvalue weighted by molar-refractivity contribution is 7.94. The molecule has 0 radical (unpaired) electrons. The van der Waals surface area contributed by atoms with E-state index in [0.717, 1.165) is 21.0 Å². The lowest BCUT2D eigenvalue weighted by Crippen LogP contribution is -2.40. The SMILES string of the molecule is CCOC(C)N(c1cccc2cc(-c3ncc(CCl)s3)[nH]c12)S(=O)(=O)c1cccs1. The molecule has 1 N–H and O–H groups in total. The summed E-state index contributed by atoms with van der Waals surface area (Å²) in [7, 11) is -3.80. The number of rotatable bonds is 8.